The first-order valence-electron chi connectivity index (χ1n) is 9.56. The second kappa shape index (κ2) is 9.75. The van der Waals surface area contributed by atoms with Crippen LogP contribution in [0.1, 0.15) is 60.8 Å². The van der Waals surface area contributed by atoms with Gasteiger partial charge >= 0.3 is 0 Å². The minimum Gasteiger partial charge on any atom is -0.354 e. The number of halogens is 2. The van der Waals surface area contributed by atoms with Gasteiger partial charge in [-0.05, 0) is 51.0 Å². The molecule has 9 heteroatoms. The minimum absolute atomic E-state index is 0. The molecule has 1 saturated carbocycles. The number of imidazole rings is 1. The van der Waals surface area contributed by atoms with Crippen molar-refractivity contribution >= 4 is 36.6 Å². The number of amides is 2. The first-order chi connectivity index (χ1) is 12.2. The second-order valence-electron chi connectivity index (χ2n) is 7.61. The SMILES string of the molecule is Cl.Cl.O=C(NCC1CCCN(C(=O)c2cnc(C3CC3)[nH]2)C1)C1CCCN1. The van der Waals surface area contributed by atoms with Gasteiger partial charge in [-0.15, -0.1) is 24.8 Å². The van der Waals surface area contributed by atoms with Crippen molar-refractivity contribution < 1.29 is 9.59 Å². The Hall–Kier alpha value is -1.31. The summed E-state index contributed by atoms with van der Waals surface area (Å²) < 4.78 is 0. The van der Waals surface area contributed by atoms with E-state index in [4.69, 9.17) is 0 Å². The number of H-pyrrole nitrogens is 1. The zero-order valence-electron chi connectivity index (χ0n) is 15.4. The summed E-state index contributed by atoms with van der Waals surface area (Å²) in [5, 5.41) is 6.28. The molecule has 7 nitrogen and oxygen atoms in total. The van der Waals surface area contributed by atoms with Crippen LogP contribution in [0.4, 0.5) is 0 Å². The number of aromatic nitrogens is 2. The number of hydrogen-bond acceptors (Lipinski definition) is 4. The van der Waals surface area contributed by atoms with Crippen molar-refractivity contribution in [1.29, 1.82) is 0 Å². The molecule has 2 aliphatic heterocycles. The predicted molar refractivity (Wildman–Crippen MR) is 108 cm³/mol. The Morgan fingerprint density at radius 1 is 1.19 bits per heavy atom. The molecule has 3 N–H and O–H groups in total. The summed E-state index contributed by atoms with van der Waals surface area (Å²) in [6.45, 7) is 3.06. The number of nitrogens with one attached hydrogen (secondary N) is 3. The molecule has 3 aliphatic rings. The normalized spacial score (nSPS) is 24.7. The summed E-state index contributed by atoms with van der Waals surface area (Å²) >= 11 is 0. The monoisotopic (exact) mass is 417 g/mol. The Kier molecular flexibility index (Phi) is 7.94. The third-order valence-electron chi connectivity index (χ3n) is 5.54. The Labute approximate surface area is 172 Å². The first kappa shape index (κ1) is 22.0. The Morgan fingerprint density at radius 2 is 2.00 bits per heavy atom. The number of likely N-dealkylation sites (tertiary alicyclic amines) is 1. The van der Waals surface area contributed by atoms with Crippen LogP contribution in [0.3, 0.4) is 0 Å². The number of nitrogens with zero attached hydrogens (tertiary/aromatic N) is 2. The molecule has 152 valence electrons. The van der Waals surface area contributed by atoms with Gasteiger partial charge in [0.2, 0.25) is 5.91 Å². The van der Waals surface area contributed by atoms with E-state index in [0.717, 1.165) is 44.6 Å². The summed E-state index contributed by atoms with van der Waals surface area (Å²) in [6.07, 6.45) is 8.04. The maximum Gasteiger partial charge on any atom is 0.271 e. The number of hydrogen-bond donors (Lipinski definition) is 3. The highest BCUT2D eigenvalue weighted by Gasteiger charge is 2.30. The van der Waals surface area contributed by atoms with E-state index in [9.17, 15) is 9.59 Å². The van der Waals surface area contributed by atoms with Gasteiger partial charge in [-0.2, -0.15) is 0 Å². The van der Waals surface area contributed by atoms with Crippen LogP contribution >= 0.6 is 24.8 Å². The molecule has 2 atom stereocenters. The maximum atomic E-state index is 12.7. The standard InChI is InChI=1S/C18H27N5O2.2ClH/c24-17(14-4-1-7-19-14)21-9-12-3-2-8-23(11-12)18(25)15-10-20-16(22-15)13-5-6-13;;/h10,12-14,19H,1-9,11H2,(H,20,22)(H,21,24);2*1H. The summed E-state index contributed by atoms with van der Waals surface area (Å²) in [7, 11) is 0. The summed E-state index contributed by atoms with van der Waals surface area (Å²) in [4.78, 5) is 34.3. The van der Waals surface area contributed by atoms with Gasteiger partial charge in [0.05, 0.1) is 12.2 Å². The first-order valence-corrected chi connectivity index (χ1v) is 9.56. The van der Waals surface area contributed by atoms with Crippen molar-refractivity contribution in [2.45, 2.75) is 50.5 Å². The molecule has 4 rings (SSSR count). The van der Waals surface area contributed by atoms with E-state index in [1.807, 2.05) is 4.90 Å². The van der Waals surface area contributed by atoms with Gasteiger partial charge in [0, 0.05) is 25.6 Å². The van der Waals surface area contributed by atoms with Crippen molar-refractivity contribution in [3.63, 3.8) is 0 Å². The predicted octanol–water partition coefficient (Wildman–Crippen LogP) is 1.85. The molecule has 1 aromatic heterocycles. The van der Waals surface area contributed by atoms with Gasteiger partial charge in [-0.25, -0.2) is 4.98 Å². The fourth-order valence-electron chi connectivity index (χ4n) is 3.87. The lowest BCUT2D eigenvalue weighted by atomic mass is 9.97. The third-order valence-corrected chi connectivity index (χ3v) is 5.54. The van der Waals surface area contributed by atoms with Crippen molar-refractivity contribution in [3.8, 4) is 0 Å². The fourth-order valence-corrected chi connectivity index (χ4v) is 3.87. The molecule has 3 heterocycles. The van der Waals surface area contributed by atoms with Gasteiger partial charge in [0.1, 0.15) is 11.5 Å². The van der Waals surface area contributed by atoms with Crippen LogP contribution in [-0.4, -0.2) is 58.9 Å². The summed E-state index contributed by atoms with van der Waals surface area (Å²) in [5.41, 5.74) is 0.599. The number of carbonyl (C=O) groups excluding carboxylic acids is 2. The van der Waals surface area contributed by atoms with Crippen molar-refractivity contribution in [1.82, 2.24) is 25.5 Å². The molecule has 2 unspecified atom stereocenters. The van der Waals surface area contributed by atoms with Gasteiger partial charge in [-0.3, -0.25) is 9.59 Å². The molecular weight excluding hydrogens is 389 g/mol. The average Bonchev–Trinajstić information content (AvgIpc) is 3.14. The van der Waals surface area contributed by atoms with Crippen LogP contribution in [0.5, 0.6) is 0 Å². The van der Waals surface area contributed by atoms with Gasteiger partial charge in [0.15, 0.2) is 0 Å². The molecule has 1 aliphatic carbocycles. The highest BCUT2D eigenvalue weighted by molar-refractivity contribution is 5.92. The second-order valence-corrected chi connectivity index (χ2v) is 7.61. The molecule has 1 aromatic rings. The van der Waals surface area contributed by atoms with Gasteiger partial charge < -0.3 is 20.5 Å². The largest absolute Gasteiger partial charge is 0.354 e. The van der Waals surface area contributed by atoms with E-state index in [-0.39, 0.29) is 42.7 Å². The fraction of sp³-hybridized carbons (Fsp3) is 0.722. The Morgan fingerprint density at radius 3 is 2.70 bits per heavy atom. The molecular formula is C18H29Cl2N5O2. The van der Waals surface area contributed by atoms with E-state index in [1.165, 1.54) is 12.8 Å². The van der Waals surface area contributed by atoms with E-state index in [1.54, 1.807) is 6.20 Å². The third kappa shape index (κ3) is 5.36. The molecule has 0 radical (unpaired) electrons. The van der Waals surface area contributed by atoms with E-state index < -0.39 is 0 Å². The molecule has 27 heavy (non-hydrogen) atoms. The number of aromatic amines is 1. The average molecular weight is 418 g/mol. The number of carbonyl (C=O) groups is 2. The Balaban J connectivity index is 0.00000131. The van der Waals surface area contributed by atoms with Crippen molar-refractivity contribution in [2.24, 2.45) is 5.92 Å². The lowest BCUT2D eigenvalue weighted by Gasteiger charge is -2.32. The van der Waals surface area contributed by atoms with Crippen LogP contribution in [-0.2, 0) is 4.79 Å². The van der Waals surface area contributed by atoms with Crippen molar-refractivity contribution in [2.75, 3.05) is 26.2 Å². The van der Waals surface area contributed by atoms with Crippen LogP contribution in [0, 0.1) is 5.92 Å². The van der Waals surface area contributed by atoms with E-state index >= 15 is 0 Å². The lowest BCUT2D eigenvalue weighted by Crippen LogP contribution is -2.46. The van der Waals surface area contributed by atoms with Crippen LogP contribution in [0.2, 0.25) is 0 Å². The molecule has 0 spiro atoms. The molecule has 0 aromatic carbocycles. The topological polar surface area (TPSA) is 90.1 Å². The number of piperidine rings is 1. The van der Waals surface area contributed by atoms with E-state index in [0.29, 0.717) is 30.6 Å². The molecule has 3 fully saturated rings. The van der Waals surface area contributed by atoms with Crippen molar-refractivity contribution in [3.05, 3.63) is 17.7 Å². The minimum atomic E-state index is -0.0350. The van der Waals surface area contributed by atoms with Crippen LogP contribution in [0.25, 0.3) is 0 Å². The molecule has 2 amide bonds. The van der Waals surface area contributed by atoms with Gasteiger partial charge in [-0.1, -0.05) is 0 Å². The highest BCUT2D eigenvalue weighted by Crippen LogP contribution is 2.38. The molecule has 0 bridgehead atoms. The smallest absolute Gasteiger partial charge is 0.271 e. The van der Waals surface area contributed by atoms with Crippen LogP contribution < -0.4 is 10.6 Å². The number of rotatable bonds is 5. The zero-order valence-corrected chi connectivity index (χ0v) is 17.0. The quantitative estimate of drug-likeness (QED) is 0.681. The summed E-state index contributed by atoms with van der Waals surface area (Å²) in [5.74, 6) is 1.94. The highest BCUT2D eigenvalue weighted by atomic mass is 35.5. The van der Waals surface area contributed by atoms with Gasteiger partial charge in [0.25, 0.3) is 5.91 Å². The lowest BCUT2D eigenvalue weighted by molar-refractivity contribution is -0.123. The van der Waals surface area contributed by atoms with Crippen LogP contribution in [0.15, 0.2) is 6.20 Å². The Bertz CT molecular complexity index is 643. The summed E-state index contributed by atoms with van der Waals surface area (Å²) in [6, 6.07) is -0.0350. The molecule has 2 saturated heterocycles. The maximum absolute atomic E-state index is 12.7. The van der Waals surface area contributed by atoms with E-state index in [2.05, 4.69) is 20.6 Å². The zero-order chi connectivity index (χ0) is 17.2.